The fourth-order valence-corrected chi connectivity index (χ4v) is 4.19. The van der Waals surface area contributed by atoms with Crippen LogP contribution < -0.4 is 16.4 Å². The van der Waals surface area contributed by atoms with Crippen LogP contribution in [0.2, 0.25) is 0 Å². The molecule has 1 aliphatic heterocycles. The van der Waals surface area contributed by atoms with Gasteiger partial charge in [-0.3, -0.25) is 15.4 Å². The molecule has 0 radical (unpaired) electrons. The van der Waals surface area contributed by atoms with E-state index >= 15 is 0 Å². The van der Waals surface area contributed by atoms with E-state index in [1.807, 2.05) is 12.1 Å². The lowest BCUT2D eigenvalue weighted by Crippen LogP contribution is -2.74. The number of nitrogens with zero attached hydrogens (tertiary/aromatic N) is 5. The highest BCUT2D eigenvalue weighted by atomic mass is 16.3. The lowest BCUT2D eigenvalue weighted by molar-refractivity contribution is -0.180. The fourth-order valence-electron chi connectivity index (χ4n) is 4.19. The number of nitriles is 1. The van der Waals surface area contributed by atoms with Crippen LogP contribution in [0.3, 0.4) is 0 Å². The lowest BCUT2D eigenvalue weighted by atomic mass is 9.78. The standard InChI is InChI=1S/C18H26N8O2/c1-10(2)11-6-9-26(13(27)4-7-19)18(21,28)14(11)25(3)16-12-5-8-22-15(12)23-17(20)24-16/h5,8,10-11,14,28H,4,6,9,21H2,1-3H3,(H3,20,22,23,24). The SMILES string of the molecule is CC(C)C1CCN(C(=O)CC#N)C(N)(O)C1N(C)c1nc(N)nc2[nH]ccc12. The van der Waals surface area contributed by atoms with Gasteiger partial charge in [0.05, 0.1) is 17.5 Å². The third kappa shape index (κ3) is 3.23. The number of hydrogen-bond donors (Lipinski definition) is 4. The van der Waals surface area contributed by atoms with E-state index in [0.717, 1.165) is 5.39 Å². The zero-order valence-corrected chi connectivity index (χ0v) is 16.3. The molecule has 2 aromatic rings. The van der Waals surface area contributed by atoms with Crippen LogP contribution in [-0.4, -0.2) is 56.3 Å². The number of anilines is 2. The quantitative estimate of drug-likeness (QED) is 0.548. The van der Waals surface area contributed by atoms with E-state index in [-0.39, 0.29) is 30.7 Å². The molecular formula is C18H26N8O2. The molecule has 1 saturated heterocycles. The van der Waals surface area contributed by atoms with Crippen LogP contribution in [0, 0.1) is 23.2 Å². The molecule has 1 aliphatic rings. The molecule has 10 heteroatoms. The van der Waals surface area contributed by atoms with Crippen LogP contribution in [0.4, 0.5) is 11.8 Å². The van der Waals surface area contributed by atoms with E-state index < -0.39 is 17.8 Å². The van der Waals surface area contributed by atoms with Crippen molar-refractivity contribution in [1.82, 2.24) is 19.9 Å². The van der Waals surface area contributed by atoms with E-state index in [2.05, 4.69) is 28.8 Å². The van der Waals surface area contributed by atoms with Crippen molar-refractivity contribution in [3.05, 3.63) is 12.3 Å². The van der Waals surface area contributed by atoms with Crippen LogP contribution in [0.15, 0.2) is 12.3 Å². The van der Waals surface area contributed by atoms with Crippen LogP contribution in [-0.2, 0) is 4.79 Å². The second-order valence-electron chi connectivity index (χ2n) is 7.56. The number of aliphatic hydroxyl groups is 1. The van der Waals surface area contributed by atoms with E-state index in [4.69, 9.17) is 16.7 Å². The zero-order valence-electron chi connectivity index (χ0n) is 16.3. The maximum atomic E-state index is 12.4. The number of nitrogen functional groups attached to an aromatic ring is 1. The van der Waals surface area contributed by atoms with Crippen LogP contribution >= 0.6 is 0 Å². The lowest BCUT2D eigenvalue weighted by Gasteiger charge is -2.53. The molecule has 3 atom stereocenters. The summed E-state index contributed by atoms with van der Waals surface area (Å²) in [6, 6.07) is 2.99. The summed E-state index contributed by atoms with van der Waals surface area (Å²) in [5.74, 6) is -1.70. The summed E-state index contributed by atoms with van der Waals surface area (Å²) in [7, 11) is 1.77. The molecule has 0 bridgehead atoms. The second-order valence-corrected chi connectivity index (χ2v) is 7.56. The first kappa shape index (κ1) is 19.9. The number of nitrogens with one attached hydrogen (secondary N) is 1. The van der Waals surface area contributed by atoms with Crippen molar-refractivity contribution in [3.63, 3.8) is 0 Å². The normalized spacial score (nSPS) is 25.1. The molecule has 0 spiro atoms. The summed E-state index contributed by atoms with van der Waals surface area (Å²) in [5, 5.41) is 20.9. The Labute approximate surface area is 163 Å². The van der Waals surface area contributed by atoms with E-state index in [1.165, 1.54) is 4.90 Å². The molecule has 0 saturated carbocycles. The molecule has 28 heavy (non-hydrogen) atoms. The Morgan fingerprint density at radius 2 is 2.29 bits per heavy atom. The summed E-state index contributed by atoms with van der Waals surface area (Å²) in [6.07, 6.45) is 2.03. The predicted molar refractivity (Wildman–Crippen MR) is 105 cm³/mol. The molecule has 1 amide bonds. The fraction of sp³-hybridized carbons (Fsp3) is 0.556. The Morgan fingerprint density at radius 3 is 2.93 bits per heavy atom. The van der Waals surface area contributed by atoms with Crippen molar-refractivity contribution in [3.8, 4) is 6.07 Å². The minimum atomic E-state index is -1.97. The molecule has 6 N–H and O–H groups in total. The highest BCUT2D eigenvalue weighted by Crippen LogP contribution is 2.38. The number of hydrogen-bond acceptors (Lipinski definition) is 8. The number of carbonyl (C=O) groups is 1. The number of nitrogens with two attached hydrogens (primary N) is 2. The Kier molecular flexibility index (Phi) is 5.14. The smallest absolute Gasteiger partial charge is 0.240 e. The Hall–Kier alpha value is -2.90. The van der Waals surface area contributed by atoms with Gasteiger partial charge < -0.3 is 20.7 Å². The number of amides is 1. The van der Waals surface area contributed by atoms with Crippen LogP contribution in [0.1, 0.15) is 26.7 Å². The van der Waals surface area contributed by atoms with Gasteiger partial charge in [-0.1, -0.05) is 13.8 Å². The van der Waals surface area contributed by atoms with Gasteiger partial charge >= 0.3 is 0 Å². The molecule has 3 rings (SSSR count). The predicted octanol–water partition coefficient (Wildman–Crippen LogP) is 0.368. The number of piperidine rings is 1. The monoisotopic (exact) mass is 386 g/mol. The summed E-state index contributed by atoms with van der Waals surface area (Å²) >= 11 is 0. The summed E-state index contributed by atoms with van der Waals surface area (Å²) in [5.41, 5.74) is 12.8. The average Bonchev–Trinajstić information content (AvgIpc) is 3.07. The van der Waals surface area contributed by atoms with E-state index in [1.54, 1.807) is 18.1 Å². The van der Waals surface area contributed by atoms with Gasteiger partial charge in [0.25, 0.3) is 0 Å². The molecule has 1 fully saturated rings. The molecular weight excluding hydrogens is 360 g/mol. The summed E-state index contributed by atoms with van der Waals surface area (Å²) in [4.78, 5) is 26.9. The van der Waals surface area contributed by atoms with Gasteiger partial charge in [0.1, 0.15) is 17.9 Å². The van der Waals surface area contributed by atoms with Crippen molar-refractivity contribution in [2.24, 2.45) is 17.6 Å². The van der Waals surface area contributed by atoms with Gasteiger partial charge in [-0.15, -0.1) is 0 Å². The number of aromatic amines is 1. The average molecular weight is 386 g/mol. The van der Waals surface area contributed by atoms with Crippen molar-refractivity contribution < 1.29 is 9.90 Å². The molecule has 0 aromatic carbocycles. The molecule has 3 heterocycles. The largest absolute Gasteiger partial charge is 0.368 e. The maximum absolute atomic E-state index is 12.4. The Morgan fingerprint density at radius 1 is 1.57 bits per heavy atom. The van der Waals surface area contributed by atoms with Gasteiger partial charge in [0.15, 0.2) is 0 Å². The Bertz CT molecular complexity index is 916. The molecule has 2 aromatic heterocycles. The molecule has 10 nitrogen and oxygen atoms in total. The third-order valence-corrected chi connectivity index (χ3v) is 5.51. The van der Waals surface area contributed by atoms with Crippen molar-refractivity contribution >= 4 is 28.7 Å². The highest BCUT2D eigenvalue weighted by molar-refractivity contribution is 5.88. The number of aromatic nitrogens is 3. The first-order valence-electron chi connectivity index (χ1n) is 9.20. The first-order chi connectivity index (χ1) is 13.2. The number of rotatable bonds is 4. The van der Waals surface area contributed by atoms with E-state index in [9.17, 15) is 9.90 Å². The number of fused-ring (bicyclic) bond motifs is 1. The van der Waals surface area contributed by atoms with Crippen molar-refractivity contribution in [1.29, 1.82) is 5.26 Å². The zero-order chi connectivity index (χ0) is 20.6. The van der Waals surface area contributed by atoms with Gasteiger partial charge in [0, 0.05) is 19.8 Å². The van der Waals surface area contributed by atoms with Crippen LogP contribution in [0.5, 0.6) is 0 Å². The van der Waals surface area contributed by atoms with Gasteiger partial charge in [0.2, 0.25) is 17.7 Å². The topological polar surface area (TPSA) is 161 Å². The van der Waals surface area contributed by atoms with Gasteiger partial charge in [-0.25, -0.2) is 0 Å². The van der Waals surface area contributed by atoms with Gasteiger partial charge in [-0.05, 0) is 24.3 Å². The second kappa shape index (κ2) is 7.26. The van der Waals surface area contributed by atoms with Crippen molar-refractivity contribution in [2.45, 2.75) is 38.6 Å². The Balaban J connectivity index is 2.09. The highest BCUT2D eigenvalue weighted by Gasteiger charge is 2.52. The summed E-state index contributed by atoms with van der Waals surface area (Å²) < 4.78 is 0. The number of H-pyrrole nitrogens is 1. The third-order valence-electron chi connectivity index (χ3n) is 5.51. The van der Waals surface area contributed by atoms with E-state index in [0.29, 0.717) is 17.9 Å². The summed E-state index contributed by atoms with van der Waals surface area (Å²) in [6.45, 7) is 4.38. The number of likely N-dealkylation sites (tertiary alicyclic amines) is 1. The minimum absolute atomic E-state index is 0.0173. The first-order valence-corrected chi connectivity index (χ1v) is 9.20. The maximum Gasteiger partial charge on any atom is 0.240 e. The number of likely N-dealkylation sites (N-methyl/N-ethyl adjacent to an activating group) is 1. The van der Waals surface area contributed by atoms with Gasteiger partial charge in [-0.2, -0.15) is 15.2 Å². The number of carbonyl (C=O) groups excluding carboxylic acids is 1. The molecule has 0 aliphatic carbocycles. The minimum Gasteiger partial charge on any atom is -0.368 e. The molecule has 3 unspecified atom stereocenters. The van der Waals surface area contributed by atoms with Crippen molar-refractivity contribution in [2.75, 3.05) is 24.2 Å². The van der Waals surface area contributed by atoms with Crippen LogP contribution in [0.25, 0.3) is 11.0 Å². The molecule has 150 valence electrons.